The van der Waals surface area contributed by atoms with Crippen LogP contribution in [0.2, 0.25) is 0 Å². The summed E-state index contributed by atoms with van der Waals surface area (Å²) in [4.78, 5) is 14.7. The van der Waals surface area contributed by atoms with Gasteiger partial charge in [-0.1, -0.05) is 12.1 Å². The van der Waals surface area contributed by atoms with Crippen molar-refractivity contribution in [2.45, 2.75) is 6.54 Å². The predicted octanol–water partition coefficient (Wildman–Crippen LogP) is 1.78. The predicted molar refractivity (Wildman–Crippen MR) is 79.1 cm³/mol. The highest BCUT2D eigenvalue weighted by atomic mass is 19.1. The topological polar surface area (TPSA) is 78.3 Å². The highest BCUT2D eigenvalue weighted by Crippen LogP contribution is 2.25. The van der Waals surface area contributed by atoms with Crippen molar-refractivity contribution in [3.63, 3.8) is 0 Å². The maximum Gasteiger partial charge on any atom is 0.330 e. The van der Waals surface area contributed by atoms with Crippen molar-refractivity contribution in [2.75, 3.05) is 31.1 Å². The minimum atomic E-state index is -0.427. The van der Waals surface area contributed by atoms with Crippen LogP contribution in [0, 0.1) is 15.9 Å². The first-order valence-corrected chi connectivity index (χ1v) is 7.03. The van der Waals surface area contributed by atoms with E-state index in [1.807, 2.05) is 4.90 Å². The number of nitro groups is 1. The van der Waals surface area contributed by atoms with E-state index in [1.54, 1.807) is 12.1 Å². The second kappa shape index (κ2) is 6.10. The molecule has 7 nitrogen and oxygen atoms in total. The largest absolute Gasteiger partial charge is 0.349 e. The second-order valence-electron chi connectivity index (χ2n) is 5.25. The number of H-pyrrole nitrogens is 1. The van der Waals surface area contributed by atoms with Gasteiger partial charge in [-0.05, 0) is 17.7 Å². The van der Waals surface area contributed by atoms with Crippen LogP contribution in [-0.4, -0.2) is 46.2 Å². The quantitative estimate of drug-likeness (QED) is 0.688. The molecule has 1 aliphatic heterocycles. The molecule has 1 N–H and O–H groups in total. The van der Waals surface area contributed by atoms with Gasteiger partial charge in [0, 0.05) is 32.7 Å². The Balaban J connectivity index is 1.59. The van der Waals surface area contributed by atoms with Gasteiger partial charge >= 0.3 is 5.69 Å². The van der Waals surface area contributed by atoms with Crippen molar-refractivity contribution in [1.82, 2.24) is 15.1 Å². The molecule has 0 saturated carbocycles. The van der Waals surface area contributed by atoms with Crippen LogP contribution < -0.4 is 4.90 Å². The third kappa shape index (κ3) is 3.06. The number of aromatic nitrogens is 2. The number of aromatic amines is 1. The van der Waals surface area contributed by atoms with Crippen LogP contribution >= 0.6 is 0 Å². The SMILES string of the molecule is O=[N+]([O-])c1cn[nH]c1N1CCN(Cc2ccc(F)cc2)CC1. The number of halogens is 1. The first-order valence-electron chi connectivity index (χ1n) is 7.03. The zero-order chi connectivity index (χ0) is 15.5. The van der Waals surface area contributed by atoms with Crippen LogP contribution in [0.5, 0.6) is 0 Å². The molecule has 2 heterocycles. The smallest absolute Gasteiger partial charge is 0.330 e. The molecule has 1 aromatic carbocycles. The fraction of sp³-hybridized carbons (Fsp3) is 0.357. The fourth-order valence-electron chi connectivity index (χ4n) is 2.62. The number of hydrogen-bond donors (Lipinski definition) is 1. The summed E-state index contributed by atoms with van der Waals surface area (Å²) in [6.45, 7) is 3.69. The Labute approximate surface area is 126 Å². The minimum Gasteiger partial charge on any atom is -0.349 e. The lowest BCUT2D eigenvalue weighted by molar-refractivity contribution is -0.384. The summed E-state index contributed by atoms with van der Waals surface area (Å²) < 4.78 is 12.9. The lowest BCUT2D eigenvalue weighted by Crippen LogP contribution is -2.46. The zero-order valence-electron chi connectivity index (χ0n) is 11.9. The molecule has 0 amide bonds. The summed E-state index contributed by atoms with van der Waals surface area (Å²) >= 11 is 0. The van der Waals surface area contributed by atoms with E-state index in [0.29, 0.717) is 18.9 Å². The molecule has 0 bridgehead atoms. The normalized spacial score (nSPS) is 16.0. The second-order valence-corrected chi connectivity index (χ2v) is 5.25. The van der Waals surface area contributed by atoms with Gasteiger partial charge in [0.15, 0.2) is 0 Å². The summed E-state index contributed by atoms with van der Waals surface area (Å²) in [5, 5.41) is 17.4. The van der Waals surface area contributed by atoms with Gasteiger partial charge in [0.05, 0.1) is 4.92 Å². The molecular weight excluding hydrogens is 289 g/mol. The summed E-state index contributed by atoms with van der Waals surface area (Å²) in [5.41, 5.74) is 1.06. The Bertz CT molecular complexity index is 650. The Hall–Kier alpha value is -2.48. The maximum atomic E-state index is 12.9. The molecule has 1 fully saturated rings. The van der Waals surface area contributed by atoms with Crippen LogP contribution in [-0.2, 0) is 6.54 Å². The maximum absolute atomic E-state index is 12.9. The monoisotopic (exact) mass is 305 g/mol. The lowest BCUT2D eigenvalue weighted by atomic mass is 10.2. The number of nitrogens with zero attached hydrogens (tertiary/aromatic N) is 4. The summed E-state index contributed by atoms with van der Waals surface area (Å²) in [7, 11) is 0. The first-order chi connectivity index (χ1) is 10.6. The van der Waals surface area contributed by atoms with E-state index >= 15 is 0 Å². The Morgan fingerprint density at radius 2 is 1.91 bits per heavy atom. The number of anilines is 1. The van der Waals surface area contributed by atoms with E-state index < -0.39 is 4.92 Å². The van der Waals surface area contributed by atoms with Gasteiger partial charge in [0.25, 0.3) is 0 Å². The molecule has 1 aromatic heterocycles. The van der Waals surface area contributed by atoms with Crippen LogP contribution in [0.1, 0.15) is 5.56 Å². The average Bonchev–Trinajstić information content (AvgIpc) is 3.00. The van der Waals surface area contributed by atoms with Crippen LogP contribution in [0.3, 0.4) is 0 Å². The van der Waals surface area contributed by atoms with Crippen molar-refractivity contribution in [3.8, 4) is 0 Å². The third-order valence-electron chi connectivity index (χ3n) is 3.80. The number of piperazine rings is 1. The Kier molecular flexibility index (Phi) is 4.01. The molecule has 2 aromatic rings. The molecule has 8 heteroatoms. The van der Waals surface area contributed by atoms with E-state index in [2.05, 4.69) is 15.1 Å². The fourth-order valence-corrected chi connectivity index (χ4v) is 2.62. The molecule has 116 valence electrons. The Morgan fingerprint density at radius 3 is 2.55 bits per heavy atom. The van der Waals surface area contributed by atoms with Crippen molar-refractivity contribution in [1.29, 1.82) is 0 Å². The van der Waals surface area contributed by atoms with Crippen molar-refractivity contribution in [3.05, 3.63) is 52.0 Å². The van der Waals surface area contributed by atoms with Gasteiger partial charge < -0.3 is 4.90 Å². The summed E-state index contributed by atoms with van der Waals surface area (Å²) in [5.74, 6) is 0.228. The van der Waals surface area contributed by atoms with Crippen molar-refractivity contribution < 1.29 is 9.31 Å². The first kappa shape index (κ1) is 14.5. The molecule has 0 spiro atoms. The van der Waals surface area contributed by atoms with E-state index in [-0.39, 0.29) is 11.5 Å². The minimum absolute atomic E-state index is 0.00647. The highest BCUT2D eigenvalue weighted by Gasteiger charge is 2.25. The highest BCUT2D eigenvalue weighted by molar-refractivity contribution is 5.56. The van der Waals surface area contributed by atoms with Gasteiger partial charge in [0.1, 0.15) is 12.0 Å². The molecule has 0 radical (unpaired) electrons. The molecule has 1 aliphatic rings. The van der Waals surface area contributed by atoms with Crippen LogP contribution in [0.15, 0.2) is 30.5 Å². The molecule has 3 rings (SSSR count). The molecular formula is C14H16FN5O2. The third-order valence-corrected chi connectivity index (χ3v) is 3.80. The van der Waals surface area contributed by atoms with Gasteiger partial charge in [-0.3, -0.25) is 20.1 Å². The molecule has 0 unspecified atom stereocenters. The van der Waals surface area contributed by atoms with E-state index in [9.17, 15) is 14.5 Å². The number of benzene rings is 1. The summed E-state index contributed by atoms with van der Waals surface area (Å²) in [6, 6.07) is 6.47. The van der Waals surface area contributed by atoms with Gasteiger partial charge in [-0.25, -0.2) is 4.39 Å². The number of rotatable bonds is 4. The standard InChI is InChI=1S/C14H16FN5O2/c15-12-3-1-11(2-4-12)10-18-5-7-19(8-6-18)14-13(20(21)22)9-16-17-14/h1-4,9H,5-8,10H2,(H,16,17). The van der Waals surface area contributed by atoms with Crippen molar-refractivity contribution >= 4 is 11.5 Å². The Morgan fingerprint density at radius 1 is 1.23 bits per heavy atom. The molecule has 0 atom stereocenters. The summed E-state index contributed by atoms with van der Waals surface area (Å²) in [6.07, 6.45) is 1.24. The van der Waals surface area contributed by atoms with Crippen molar-refractivity contribution in [2.24, 2.45) is 0 Å². The average molecular weight is 305 g/mol. The number of hydrogen-bond acceptors (Lipinski definition) is 5. The van der Waals surface area contributed by atoms with E-state index in [4.69, 9.17) is 0 Å². The molecule has 22 heavy (non-hydrogen) atoms. The number of nitrogens with one attached hydrogen (secondary N) is 1. The van der Waals surface area contributed by atoms with Crippen LogP contribution in [0.25, 0.3) is 0 Å². The van der Waals surface area contributed by atoms with Gasteiger partial charge in [0.2, 0.25) is 5.82 Å². The van der Waals surface area contributed by atoms with Gasteiger partial charge in [-0.15, -0.1) is 0 Å². The van der Waals surface area contributed by atoms with Crippen LogP contribution in [0.4, 0.5) is 15.9 Å². The molecule has 0 aliphatic carbocycles. The molecule has 1 saturated heterocycles. The van der Waals surface area contributed by atoms with Gasteiger partial charge in [-0.2, -0.15) is 5.10 Å². The van der Waals surface area contributed by atoms with E-state index in [1.165, 1.54) is 18.3 Å². The van der Waals surface area contributed by atoms with E-state index in [0.717, 1.165) is 25.2 Å². The zero-order valence-corrected chi connectivity index (χ0v) is 11.9. The lowest BCUT2D eigenvalue weighted by Gasteiger charge is -2.34.